The van der Waals surface area contributed by atoms with Crippen LogP contribution in [0.15, 0.2) is 109 Å². The van der Waals surface area contributed by atoms with Crippen LogP contribution < -0.4 is 20.9 Å². The Labute approximate surface area is 332 Å². The fourth-order valence-electron chi connectivity index (χ4n) is 6.62. The first-order valence-electron chi connectivity index (χ1n) is 17.8. The molecular formula is C42H44Cl4N6O. The summed E-state index contributed by atoms with van der Waals surface area (Å²) in [6, 6.07) is 35.3. The predicted octanol–water partition coefficient (Wildman–Crippen LogP) is 9.77. The van der Waals surface area contributed by atoms with Crippen LogP contribution >= 0.6 is 46.4 Å². The average molecular weight is 791 g/mol. The molecule has 5 aromatic carbocycles. The highest BCUT2D eigenvalue weighted by molar-refractivity contribution is 6.42. The van der Waals surface area contributed by atoms with Crippen LogP contribution in [0.5, 0.6) is 0 Å². The summed E-state index contributed by atoms with van der Waals surface area (Å²) in [5, 5.41) is 5.49. The molecule has 2 heterocycles. The Hall–Kier alpha value is -3.95. The van der Waals surface area contributed by atoms with Crippen molar-refractivity contribution in [2.45, 2.75) is 20.0 Å². The minimum Gasteiger partial charge on any atom is -0.397 e. The molecule has 11 heteroatoms. The van der Waals surface area contributed by atoms with Crippen molar-refractivity contribution in [2.75, 3.05) is 73.2 Å². The Balaban J connectivity index is 0.000000192. The molecule has 5 aromatic rings. The maximum Gasteiger partial charge on any atom is 0.255 e. The molecule has 2 aliphatic rings. The molecule has 2 saturated heterocycles. The standard InChI is InChI=1S/C25H25Cl2N3O.C17H19Cl2N3/c1-18-6-9-20(10-7-18)25(31)28-23-4-2-3-5-24(23)30-14-12-29(13-15-30)17-19-8-11-21(26)22(27)16-19;18-14-6-5-13(11-15(14)19)12-21-7-9-22(10-8-21)17-4-2-1-3-16(17)20/h2-11,16H,12-15,17H2,1H3,(H,28,31);1-6,11H,7-10,12,20H2. The molecule has 0 saturated carbocycles. The molecule has 7 nitrogen and oxygen atoms in total. The minimum absolute atomic E-state index is 0.0919. The number of nitrogen functional groups attached to an aromatic ring is 1. The quantitative estimate of drug-likeness (QED) is 0.153. The highest BCUT2D eigenvalue weighted by atomic mass is 35.5. The van der Waals surface area contributed by atoms with E-state index in [1.807, 2.05) is 104 Å². The molecule has 0 bridgehead atoms. The predicted molar refractivity (Wildman–Crippen MR) is 224 cm³/mol. The zero-order chi connectivity index (χ0) is 37.3. The van der Waals surface area contributed by atoms with E-state index in [1.165, 1.54) is 5.56 Å². The van der Waals surface area contributed by atoms with Gasteiger partial charge < -0.3 is 20.9 Å². The highest BCUT2D eigenvalue weighted by Gasteiger charge is 2.21. The van der Waals surface area contributed by atoms with Gasteiger partial charge in [0.15, 0.2) is 0 Å². The van der Waals surface area contributed by atoms with Crippen LogP contribution in [-0.4, -0.2) is 68.1 Å². The second-order valence-corrected chi connectivity index (χ2v) is 15.0. The van der Waals surface area contributed by atoms with E-state index >= 15 is 0 Å². The van der Waals surface area contributed by atoms with Gasteiger partial charge in [0.05, 0.1) is 42.8 Å². The number of para-hydroxylation sites is 4. The number of carbonyl (C=O) groups excluding carboxylic acids is 1. The van der Waals surface area contributed by atoms with Crippen LogP contribution in [0.3, 0.4) is 0 Å². The van der Waals surface area contributed by atoms with Crippen LogP contribution in [0.2, 0.25) is 20.1 Å². The lowest BCUT2D eigenvalue weighted by atomic mass is 10.1. The zero-order valence-electron chi connectivity index (χ0n) is 29.7. The molecule has 276 valence electrons. The fourth-order valence-corrected chi connectivity index (χ4v) is 7.26. The third kappa shape index (κ3) is 10.6. The summed E-state index contributed by atoms with van der Waals surface area (Å²) in [7, 11) is 0. The highest BCUT2D eigenvalue weighted by Crippen LogP contribution is 2.29. The largest absolute Gasteiger partial charge is 0.397 e. The van der Waals surface area contributed by atoms with Gasteiger partial charge in [-0.2, -0.15) is 0 Å². The molecule has 0 aliphatic carbocycles. The van der Waals surface area contributed by atoms with Gasteiger partial charge in [-0.3, -0.25) is 14.6 Å². The molecule has 0 aromatic heterocycles. The van der Waals surface area contributed by atoms with Crippen LogP contribution in [0.4, 0.5) is 22.7 Å². The topological polar surface area (TPSA) is 68.1 Å². The number of nitrogens with zero attached hydrogens (tertiary/aromatic N) is 4. The second-order valence-electron chi connectivity index (χ2n) is 13.4. The van der Waals surface area contributed by atoms with E-state index in [2.05, 4.69) is 37.0 Å². The summed E-state index contributed by atoms with van der Waals surface area (Å²) >= 11 is 24.2. The van der Waals surface area contributed by atoms with Crippen molar-refractivity contribution in [3.05, 3.63) is 152 Å². The molecule has 0 atom stereocenters. The molecule has 0 radical (unpaired) electrons. The van der Waals surface area contributed by atoms with Crippen molar-refractivity contribution in [3.8, 4) is 0 Å². The number of aryl methyl sites for hydroxylation is 1. The summed E-state index contributed by atoms with van der Waals surface area (Å²) in [6.45, 7) is 11.4. The van der Waals surface area contributed by atoms with Crippen LogP contribution in [-0.2, 0) is 13.1 Å². The zero-order valence-corrected chi connectivity index (χ0v) is 32.8. The van der Waals surface area contributed by atoms with Crippen molar-refractivity contribution in [1.29, 1.82) is 0 Å². The first kappa shape index (κ1) is 38.8. The Morgan fingerprint density at radius 3 is 1.57 bits per heavy atom. The lowest BCUT2D eigenvalue weighted by molar-refractivity contribution is 0.102. The number of hydrogen-bond acceptors (Lipinski definition) is 6. The van der Waals surface area contributed by atoms with Crippen molar-refractivity contribution in [1.82, 2.24) is 9.80 Å². The number of amides is 1. The van der Waals surface area contributed by atoms with Crippen molar-refractivity contribution >= 4 is 75.1 Å². The van der Waals surface area contributed by atoms with Gasteiger partial charge in [-0.25, -0.2) is 0 Å². The van der Waals surface area contributed by atoms with Crippen LogP contribution in [0, 0.1) is 6.92 Å². The van der Waals surface area contributed by atoms with Crippen molar-refractivity contribution in [3.63, 3.8) is 0 Å². The fraction of sp³-hybridized carbons (Fsp3) is 0.262. The lowest BCUT2D eigenvalue weighted by Crippen LogP contribution is -2.46. The summed E-state index contributed by atoms with van der Waals surface area (Å²) in [6.07, 6.45) is 0. The number of nitrogens with two attached hydrogens (primary N) is 1. The minimum atomic E-state index is -0.0919. The van der Waals surface area contributed by atoms with E-state index in [0.717, 1.165) is 99.3 Å². The monoisotopic (exact) mass is 788 g/mol. The van der Waals surface area contributed by atoms with Crippen molar-refractivity contribution in [2.24, 2.45) is 0 Å². The van der Waals surface area contributed by atoms with E-state index in [0.29, 0.717) is 25.7 Å². The number of halogens is 4. The van der Waals surface area contributed by atoms with E-state index in [-0.39, 0.29) is 5.91 Å². The van der Waals surface area contributed by atoms with Gasteiger partial charge in [0.2, 0.25) is 0 Å². The van der Waals surface area contributed by atoms with Gasteiger partial charge in [0.1, 0.15) is 0 Å². The Morgan fingerprint density at radius 1 is 0.585 bits per heavy atom. The van der Waals surface area contributed by atoms with E-state index in [9.17, 15) is 4.79 Å². The molecule has 2 fully saturated rings. The summed E-state index contributed by atoms with van der Waals surface area (Å²) < 4.78 is 0. The lowest BCUT2D eigenvalue weighted by Gasteiger charge is -2.37. The number of hydrogen-bond donors (Lipinski definition) is 2. The Morgan fingerprint density at radius 2 is 1.06 bits per heavy atom. The maximum absolute atomic E-state index is 12.7. The molecule has 1 amide bonds. The van der Waals surface area contributed by atoms with Crippen molar-refractivity contribution < 1.29 is 4.79 Å². The van der Waals surface area contributed by atoms with E-state index in [4.69, 9.17) is 52.1 Å². The molecule has 0 unspecified atom stereocenters. The molecular weight excluding hydrogens is 746 g/mol. The molecule has 7 rings (SSSR count). The molecule has 0 spiro atoms. The normalized spacial score (nSPS) is 15.1. The van der Waals surface area contributed by atoms with Gasteiger partial charge >= 0.3 is 0 Å². The third-order valence-corrected chi connectivity index (χ3v) is 11.1. The molecule has 53 heavy (non-hydrogen) atoms. The number of benzene rings is 5. The van der Waals surface area contributed by atoms with Gasteiger partial charge in [-0.1, -0.05) is 100 Å². The second kappa shape index (κ2) is 18.4. The van der Waals surface area contributed by atoms with E-state index < -0.39 is 0 Å². The number of carbonyl (C=O) groups is 1. The number of nitrogens with one attached hydrogen (secondary N) is 1. The SMILES string of the molecule is Cc1ccc(C(=O)Nc2ccccc2N2CCN(Cc3ccc(Cl)c(Cl)c3)CC2)cc1.Nc1ccccc1N1CCN(Cc2ccc(Cl)c(Cl)c2)CC1. The molecule has 2 aliphatic heterocycles. The Bertz CT molecular complexity index is 1990. The first-order chi connectivity index (χ1) is 25.6. The van der Waals surface area contributed by atoms with Gasteiger partial charge in [0, 0.05) is 71.0 Å². The smallest absolute Gasteiger partial charge is 0.255 e. The number of piperazine rings is 2. The van der Waals surface area contributed by atoms with Gasteiger partial charge in [-0.15, -0.1) is 0 Å². The number of anilines is 4. The summed E-state index contributed by atoms with van der Waals surface area (Å²) in [5.41, 5.74) is 14.1. The van der Waals surface area contributed by atoms with Crippen LogP contribution in [0.25, 0.3) is 0 Å². The summed E-state index contributed by atoms with van der Waals surface area (Å²) in [5.74, 6) is -0.0919. The third-order valence-electron chi connectivity index (χ3n) is 9.61. The Kier molecular flexibility index (Phi) is 13.5. The van der Waals surface area contributed by atoms with Gasteiger partial charge in [0.25, 0.3) is 5.91 Å². The van der Waals surface area contributed by atoms with Crippen LogP contribution in [0.1, 0.15) is 27.0 Å². The maximum atomic E-state index is 12.7. The molecule has 3 N–H and O–H groups in total. The average Bonchev–Trinajstić information content (AvgIpc) is 3.16. The number of rotatable bonds is 8. The summed E-state index contributed by atoms with van der Waals surface area (Å²) in [4.78, 5) is 22.2. The first-order valence-corrected chi connectivity index (χ1v) is 19.3. The van der Waals surface area contributed by atoms with Gasteiger partial charge in [-0.05, 0) is 78.7 Å². The van der Waals surface area contributed by atoms with E-state index in [1.54, 1.807) is 0 Å².